The second-order valence-corrected chi connectivity index (χ2v) is 6.51. The van der Waals surface area contributed by atoms with Crippen LogP contribution < -0.4 is 5.32 Å². The Morgan fingerprint density at radius 1 is 1.10 bits per heavy atom. The highest BCUT2D eigenvalue weighted by atomic mass is 16.5. The van der Waals surface area contributed by atoms with E-state index in [1.165, 1.54) is 70.6 Å². The van der Waals surface area contributed by atoms with Gasteiger partial charge in [0.15, 0.2) is 0 Å². The first-order chi connectivity index (χ1) is 9.82. The van der Waals surface area contributed by atoms with Crippen LogP contribution in [-0.4, -0.2) is 25.3 Å². The molecule has 2 aliphatic carbocycles. The van der Waals surface area contributed by atoms with Gasteiger partial charge >= 0.3 is 0 Å². The minimum Gasteiger partial charge on any atom is -0.373 e. The molecule has 1 atom stereocenters. The van der Waals surface area contributed by atoms with Gasteiger partial charge in [-0.2, -0.15) is 0 Å². The van der Waals surface area contributed by atoms with Crippen molar-refractivity contribution in [2.24, 2.45) is 0 Å². The number of likely N-dealkylation sites (N-methyl/N-ethyl adjacent to an activating group) is 1. The molecule has 0 amide bonds. The predicted octanol–water partition coefficient (Wildman–Crippen LogP) is 4.59. The van der Waals surface area contributed by atoms with Gasteiger partial charge in [-0.15, -0.1) is 0 Å². The molecule has 116 valence electrons. The number of hydrogen-bond acceptors (Lipinski definition) is 2. The smallest absolute Gasteiger partial charge is 0.0872 e. The van der Waals surface area contributed by atoms with Crippen LogP contribution in [0, 0.1) is 0 Å². The van der Waals surface area contributed by atoms with E-state index in [1.807, 2.05) is 0 Å². The molecule has 20 heavy (non-hydrogen) atoms. The van der Waals surface area contributed by atoms with Crippen molar-refractivity contribution in [1.29, 1.82) is 0 Å². The van der Waals surface area contributed by atoms with E-state index >= 15 is 0 Å². The Bertz CT molecular complexity index is 303. The summed E-state index contributed by atoms with van der Waals surface area (Å²) in [4.78, 5) is 0. The minimum absolute atomic E-state index is 0.0518. The Morgan fingerprint density at radius 3 is 2.45 bits per heavy atom. The van der Waals surface area contributed by atoms with Crippen LogP contribution in [0.25, 0.3) is 0 Å². The second-order valence-electron chi connectivity index (χ2n) is 6.51. The maximum Gasteiger partial charge on any atom is 0.0872 e. The van der Waals surface area contributed by atoms with Gasteiger partial charge in [-0.05, 0) is 52.5 Å². The maximum atomic E-state index is 6.39. The zero-order valence-electron chi connectivity index (χ0n) is 13.5. The van der Waals surface area contributed by atoms with E-state index in [1.54, 1.807) is 5.57 Å². The summed E-state index contributed by atoms with van der Waals surface area (Å²) in [5.41, 5.74) is 1.68. The molecule has 1 unspecified atom stereocenters. The Labute approximate surface area is 125 Å². The van der Waals surface area contributed by atoms with Gasteiger partial charge in [0.25, 0.3) is 0 Å². The molecule has 2 heteroatoms. The standard InChI is InChI=1S/C18H33NO/c1-3-20-18(14-10-6-7-11-15-18)17(19-2)16-12-8-4-5-9-13-16/h12,17,19H,3-11,13-15H2,1-2H3. The Balaban J connectivity index is 2.20. The summed E-state index contributed by atoms with van der Waals surface area (Å²) in [6, 6.07) is 0.429. The largest absolute Gasteiger partial charge is 0.373 e. The molecule has 0 aromatic heterocycles. The molecule has 0 spiro atoms. The Kier molecular flexibility index (Phi) is 6.57. The molecular weight excluding hydrogens is 246 g/mol. The van der Waals surface area contributed by atoms with Crippen LogP contribution in [0.4, 0.5) is 0 Å². The van der Waals surface area contributed by atoms with Gasteiger partial charge in [0, 0.05) is 6.61 Å². The summed E-state index contributed by atoms with van der Waals surface area (Å²) in [6.07, 6.45) is 17.0. The van der Waals surface area contributed by atoms with Gasteiger partial charge in [-0.25, -0.2) is 0 Å². The van der Waals surface area contributed by atoms with E-state index in [0.717, 1.165) is 6.61 Å². The van der Waals surface area contributed by atoms with Crippen LogP contribution in [0.5, 0.6) is 0 Å². The number of hydrogen-bond donors (Lipinski definition) is 1. The third-order valence-electron chi connectivity index (χ3n) is 5.14. The van der Waals surface area contributed by atoms with Crippen LogP contribution in [0.2, 0.25) is 0 Å². The lowest BCUT2D eigenvalue weighted by molar-refractivity contribution is -0.0678. The summed E-state index contributed by atoms with van der Waals surface area (Å²) in [7, 11) is 2.13. The van der Waals surface area contributed by atoms with E-state index in [-0.39, 0.29) is 5.60 Å². The van der Waals surface area contributed by atoms with Gasteiger partial charge in [0.05, 0.1) is 11.6 Å². The van der Waals surface area contributed by atoms with Crippen LogP contribution in [0.3, 0.4) is 0 Å². The normalized spacial score (nSPS) is 25.4. The predicted molar refractivity (Wildman–Crippen MR) is 86.1 cm³/mol. The zero-order chi connectivity index (χ0) is 14.3. The van der Waals surface area contributed by atoms with Crippen molar-refractivity contribution in [2.75, 3.05) is 13.7 Å². The van der Waals surface area contributed by atoms with Gasteiger partial charge < -0.3 is 10.1 Å². The molecule has 0 bridgehead atoms. The average molecular weight is 279 g/mol. The molecule has 1 N–H and O–H groups in total. The van der Waals surface area contributed by atoms with Crippen molar-refractivity contribution in [3.05, 3.63) is 11.6 Å². The van der Waals surface area contributed by atoms with Crippen LogP contribution >= 0.6 is 0 Å². The van der Waals surface area contributed by atoms with E-state index in [4.69, 9.17) is 4.74 Å². The molecule has 1 fully saturated rings. The highest BCUT2D eigenvalue weighted by Crippen LogP contribution is 2.38. The van der Waals surface area contributed by atoms with Gasteiger partial charge in [-0.3, -0.25) is 0 Å². The van der Waals surface area contributed by atoms with Crippen LogP contribution in [0.1, 0.15) is 77.6 Å². The fraction of sp³-hybridized carbons (Fsp3) is 0.889. The third-order valence-corrected chi connectivity index (χ3v) is 5.14. The maximum absolute atomic E-state index is 6.39. The molecule has 1 saturated carbocycles. The molecule has 0 aliphatic heterocycles. The second kappa shape index (κ2) is 8.19. The third kappa shape index (κ3) is 3.85. The number of allylic oxidation sites excluding steroid dienone is 1. The fourth-order valence-electron chi connectivity index (χ4n) is 4.22. The van der Waals surface area contributed by atoms with E-state index in [0.29, 0.717) is 6.04 Å². The molecule has 0 radical (unpaired) electrons. The van der Waals surface area contributed by atoms with Crippen LogP contribution in [0.15, 0.2) is 11.6 Å². The zero-order valence-corrected chi connectivity index (χ0v) is 13.5. The number of rotatable bonds is 5. The van der Waals surface area contributed by atoms with E-state index < -0.39 is 0 Å². The molecule has 0 saturated heterocycles. The lowest BCUT2D eigenvalue weighted by Gasteiger charge is -2.41. The highest BCUT2D eigenvalue weighted by Gasteiger charge is 2.40. The first kappa shape index (κ1) is 16.0. The van der Waals surface area contributed by atoms with E-state index in [2.05, 4.69) is 25.4 Å². The number of ether oxygens (including phenoxy) is 1. The van der Waals surface area contributed by atoms with Crippen LogP contribution in [-0.2, 0) is 4.74 Å². The minimum atomic E-state index is 0.0518. The summed E-state index contributed by atoms with van der Waals surface area (Å²) < 4.78 is 6.39. The van der Waals surface area contributed by atoms with Crippen molar-refractivity contribution in [1.82, 2.24) is 5.32 Å². The number of nitrogens with one attached hydrogen (secondary N) is 1. The summed E-state index contributed by atoms with van der Waals surface area (Å²) in [5, 5.41) is 3.63. The molecule has 2 rings (SSSR count). The van der Waals surface area contributed by atoms with Gasteiger partial charge in [0.1, 0.15) is 0 Å². The summed E-state index contributed by atoms with van der Waals surface area (Å²) in [6.45, 7) is 2.99. The lowest BCUT2D eigenvalue weighted by Crippen LogP contribution is -2.52. The topological polar surface area (TPSA) is 21.3 Å². The van der Waals surface area contributed by atoms with Crippen molar-refractivity contribution >= 4 is 0 Å². The van der Waals surface area contributed by atoms with Gasteiger partial charge in [-0.1, -0.05) is 43.8 Å². The molecule has 0 heterocycles. The van der Waals surface area contributed by atoms with Crippen molar-refractivity contribution in [3.63, 3.8) is 0 Å². The summed E-state index contributed by atoms with van der Waals surface area (Å²) in [5.74, 6) is 0. The van der Waals surface area contributed by atoms with Crippen molar-refractivity contribution < 1.29 is 4.74 Å². The molecule has 0 aromatic carbocycles. The van der Waals surface area contributed by atoms with E-state index in [9.17, 15) is 0 Å². The summed E-state index contributed by atoms with van der Waals surface area (Å²) >= 11 is 0. The van der Waals surface area contributed by atoms with Crippen molar-refractivity contribution in [2.45, 2.75) is 89.2 Å². The molecule has 0 aromatic rings. The average Bonchev–Trinajstić information content (AvgIpc) is 2.84. The first-order valence-electron chi connectivity index (χ1n) is 8.82. The fourth-order valence-corrected chi connectivity index (χ4v) is 4.22. The quantitative estimate of drug-likeness (QED) is 0.587. The molecular formula is C18H33NO. The Morgan fingerprint density at radius 2 is 1.80 bits per heavy atom. The Hall–Kier alpha value is -0.340. The highest BCUT2D eigenvalue weighted by molar-refractivity contribution is 5.19. The van der Waals surface area contributed by atoms with Gasteiger partial charge in [0.2, 0.25) is 0 Å². The first-order valence-corrected chi connectivity index (χ1v) is 8.82. The lowest BCUT2D eigenvalue weighted by atomic mass is 9.80. The SMILES string of the molecule is CCOC1(C(NC)C2=CCCCCC2)CCCCCC1. The molecule has 2 nitrogen and oxygen atoms in total. The van der Waals surface area contributed by atoms with Crippen molar-refractivity contribution in [3.8, 4) is 0 Å². The monoisotopic (exact) mass is 279 g/mol. The molecule has 2 aliphatic rings.